The van der Waals surface area contributed by atoms with Crippen molar-refractivity contribution in [3.63, 3.8) is 0 Å². The lowest BCUT2D eigenvalue weighted by molar-refractivity contribution is -0.158. The van der Waals surface area contributed by atoms with Crippen molar-refractivity contribution in [2.24, 2.45) is 39.6 Å². The van der Waals surface area contributed by atoms with Crippen molar-refractivity contribution in [1.82, 2.24) is 4.83 Å². The molecule has 0 spiro atoms. The molecule has 4 fully saturated rings. The summed E-state index contributed by atoms with van der Waals surface area (Å²) in [6.07, 6.45) is 9.84. The predicted octanol–water partition coefficient (Wildman–Crippen LogP) is 5.60. The fraction of sp³-hybridized carbons (Fsp3) is 0.714. The van der Waals surface area contributed by atoms with Crippen LogP contribution < -0.4 is 4.83 Å². The van der Waals surface area contributed by atoms with Crippen molar-refractivity contribution in [1.29, 1.82) is 0 Å². The third-order valence-electron chi connectivity index (χ3n) is 10.3. The zero-order valence-corrected chi connectivity index (χ0v) is 22.4. The minimum Gasteiger partial charge on any atom is -0.463 e. The molecule has 1 aromatic carbocycles. The molecule has 0 heterocycles. The molecule has 0 aliphatic heterocycles. The Kier molecular flexibility index (Phi) is 6.30. The highest BCUT2D eigenvalue weighted by Gasteiger charge is 2.59. The second kappa shape index (κ2) is 8.89. The Morgan fingerprint density at radius 2 is 1.77 bits per heavy atom. The van der Waals surface area contributed by atoms with Crippen LogP contribution in [0.4, 0.5) is 0 Å². The second-order valence-corrected chi connectivity index (χ2v) is 13.8. The van der Waals surface area contributed by atoms with Gasteiger partial charge in [-0.25, -0.2) is 4.83 Å². The van der Waals surface area contributed by atoms with E-state index in [1.54, 1.807) is 12.1 Å². The summed E-state index contributed by atoms with van der Waals surface area (Å²) >= 11 is 0. The highest BCUT2D eigenvalue weighted by atomic mass is 32.2. The van der Waals surface area contributed by atoms with E-state index in [-0.39, 0.29) is 22.4 Å². The predicted molar refractivity (Wildman–Crippen MR) is 136 cm³/mol. The van der Waals surface area contributed by atoms with Crippen LogP contribution in [0.15, 0.2) is 34.3 Å². The van der Waals surface area contributed by atoms with Crippen molar-refractivity contribution in [2.45, 2.75) is 96.5 Å². The first-order valence-electron chi connectivity index (χ1n) is 13.4. The Bertz CT molecular complexity index is 1110. The van der Waals surface area contributed by atoms with Crippen molar-refractivity contribution in [2.75, 3.05) is 0 Å². The third kappa shape index (κ3) is 4.32. The second-order valence-electron chi connectivity index (χ2n) is 12.1. The first-order chi connectivity index (χ1) is 16.5. The number of sulfonamides is 1. The third-order valence-corrected chi connectivity index (χ3v) is 11.5. The molecule has 35 heavy (non-hydrogen) atoms. The molecule has 1 aromatic rings. The maximum absolute atomic E-state index is 12.8. The Morgan fingerprint density at radius 1 is 1.03 bits per heavy atom. The maximum Gasteiger partial charge on any atom is 0.302 e. The SMILES string of the molecule is CC(=O)O[C@H]1CC[C@@]2(C)[C@@H](CC[C@@H]3[C@@H]2CC[C@]2(C)/C(=N\NS(=O)(=O)c4ccc(C)cc4)CC[C@@H]32)C1. The van der Waals surface area contributed by atoms with Gasteiger partial charge in [0.15, 0.2) is 0 Å². The molecule has 7 atom stereocenters. The van der Waals surface area contributed by atoms with Crippen LogP contribution in [-0.2, 0) is 19.6 Å². The van der Waals surface area contributed by atoms with E-state index in [0.29, 0.717) is 29.1 Å². The Labute approximate surface area is 210 Å². The lowest BCUT2D eigenvalue weighted by Crippen LogP contribution is -2.54. The summed E-state index contributed by atoms with van der Waals surface area (Å²) in [4.78, 5) is 14.3. The molecule has 0 bridgehead atoms. The maximum atomic E-state index is 12.8. The minimum absolute atomic E-state index is 0.0326. The van der Waals surface area contributed by atoms with Gasteiger partial charge in [-0.2, -0.15) is 13.5 Å². The highest BCUT2D eigenvalue weighted by molar-refractivity contribution is 7.89. The number of nitrogens with zero attached hydrogens (tertiary/aromatic N) is 1. The molecular formula is C28H40N2O4S. The molecule has 4 aliphatic rings. The summed E-state index contributed by atoms with van der Waals surface area (Å²) in [7, 11) is -3.67. The summed E-state index contributed by atoms with van der Waals surface area (Å²) < 4.78 is 31.3. The standard InChI is InChI=1S/C28H40N2O4S/c1-18-5-8-22(9-6-18)35(32,33)30-29-26-12-11-24-23-10-7-20-17-21(34-19(2)31)13-15-27(20,3)25(23)14-16-28(24,26)4/h5-6,8-9,20-21,23-25,30H,7,10-17H2,1-4H3/b29-26-/t20-,21-,23-,24-,25-,27-,28-/m0/s1. The van der Waals surface area contributed by atoms with Gasteiger partial charge in [-0.05, 0) is 106 Å². The molecule has 0 amide bonds. The number of ether oxygens (including phenoxy) is 1. The van der Waals surface area contributed by atoms with Gasteiger partial charge < -0.3 is 4.74 Å². The number of fused-ring (bicyclic) bond motifs is 5. The average molecular weight is 501 g/mol. The Morgan fingerprint density at radius 3 is 2.49 bits per heavy atom. The lowest BCUT2D eigenvalue weighted by atomic mass is 9.45. The van der Waals surface area contributed by atoms with Crippen molar-refractivity contribution < 1.29 is 17.9 Å². The van der Waals surface area contributed by atoms with Crippen LogP contribution >= 0.6 is 0 Å². The molecular weight excluding hydrogens is 460 g/mol. The lowest BCUT2D eigenvalue weighted by Gasteiger charge is -2.60. The van der Waals surface area contributed by atoms with E-state index in [0.717, 1.165) is 49.8 Å². The topological polar surface area (TPSA) is 84.8 Å². The molecule has 0 aromatic heterocycles. The van der Waals surface area contributed by atoms with E-state index >= 15 is 0 Å². The number of benzene rings is 1. The molecule has 0 unspecified atom stereocenters. The zero-order chi connectivity index (χ0) is 25.0. The van der Waals surface area contributed by atoms with Crippen LogP contribution in [0.3, 0.4) is 0 Å². The van der Waals surface area contributed by atoms with Gasteiger partial charge in [-0.15, -0.1) is 0 Å². The summed E-state index contributed by atoms with van der Waals surface area (Å²) in [6, 6.07) is 6.90. The van der Waals surface area contributed by atoms with E-state index in [2.05, 4.69) is 23.8 Å². The summed E-state index contributed by atoms with van der Waals surface area (Å²) in [5.41, 5.74) is 2.34. The summed E-state index contributed by atoms with van der Waals surface area (Å²) in [5.74, 6) is 2.40. The molecule has 0 radical (unpaired) electrons. The number of carbonyl (C=O) groups is 1. The molecule has 192 valence electrons. The number of rotatable bonds is 4. The van der Waals surface area contributed by atoms with Crippen LogP contribution in [0.2, 0.25) is 0 Å². The van der Waals surface area contributed by atoms with Gasteiger partial charge in [-0.1, -0.05) is 31.5 Å². The van der Waals surface area contributed by atoms with Crippen LogP contribution in [0.25, 0.3) is 0 Å². The van der Waals surface area contributed by atoms with Crippen molar-refractivity contribution >= 4 is 21.7 Å². The average Bonchev–Trinajstić information content (AvgIpc) is 3.14. The number of aryl methyl sites for hydroxylation is 1. The van der Waals surface area contributed by atoms with Gasteiger partial charge in [0.2, 0.25) is 0 Å². The molecule has 1 N–H and O–H groups in total. The Hall–Kier alpha value is -1.89. The first-order valence-corrected chi connectivity index (χ1v) is 14.8. The molecule has 7 heteroatoms. The van der Waals surface area contributed by atoms with E-state index in [1.807, 2.05) is 19.1 Å². The number of nitrogens with one attached hydrogen (secondary N) is 1. The molecule has 5 rings (SSSR count). The number of esters is 1. The van der Waals surface area contributed by atoms with Gasteiger partial charge >= 0.3 is 5.97 Å². The molecule has 4 aliphatic carbocycles. The number of carbonyl (C=O) groups excluding carboxylic acids is 1. The van der Waals surface area contributed by atoms with Gasteiger partial charge in [0.25, 0.3) is 10.0 Å². The van der Waals surface area contributed by atoms with Gasteiger partial charge in [0.05, 0.1) is 4.90 Å². The number of hydrazone groups is 1. The van der Waals surface area contributed by atoms with Crippen LogP contribution in [0, 0.1) is 41.4 Å². The quantitative estimate of drug-likeness (QED) is 0.431. The van der Waals surface area contributed by atoms with Crippen LogP contribution in [-0.4, -0.2) is 26.2 Å². The van der Waals surface area contributed by atoms with Gasteiger partial charge in [-0.3, -0.25) is 4.79 Å². The van der Waals surface area contributed by atoms with Crippen LogP contribution in [0.5, 0.6) is 0 Å². The van der Waals surface area contributed by atoms with Crippen molar-refractivity contribution in [3.05, 3.63) is 29.8 Å². The van der Waals surface area contributed by atoms with Gasteiger partial charge in [0, 0.05) is 18.1 Å². The summed E-state index contributed by atoms with van der Waals surface area (Å²) in [6.45, 7) is 8.29. The molecule has 0 saturated heterocycles. The minimum atomic E-state index is -3.67. The normalized spacial score (nSPS) is 39.9. The molecule has 4 saturated carbocycles. The largest absolute Gasteiger partial charge is 0.463 e. The van der Waals surface area contributed by atoms with Crippen LogP contribution in [0.1, 0.15) is 84.1 Å². The Balaban J connectivity index is 1.31. The fourth-order valence-corrected chi connectivity index (χ4v) is 9.25. The first kappa shape index (κ1) is 24.8. The van der Waals surface area contributed by atoms with E-state index < -0.39 is 10.0 Å². The van der Waals surface area contributed by atoms with E-state index in [1.165, 1.54) is 26.2 Å². The number of hydrogen-bond donors (Lipinski definition) is 1. The fourth-order valence-electron chi connectivity index (χ4n) is 8.42. The molecule has 6 nitrogen and oxygen atoms in total. The number of hydrogen-bond acceptors (Lipinski definition) is 5. The van der Waals surface area contributed by atoms with E-state index in [9.17, 15) is 13.2 Å². The monoisotopic (exact) mass is 500 g/mol. The van der Waals surface area contributed by atoms with E-state index in [4.69, 9.17) is 4.74 Å². The van der Waals surface area contributed by atoms with Gasteiger partial charge in [0.1, 0.15) is 6.10 Å². The zero-order valence-electron chi connectivity index (χ0n) is 21.5. The highest BCUT2D eigenvalue weighted by Crippen LogP contribution is 2.65. The summed E-state index contributed by atoms with van der Waals surface area (Å²) in [5, 5.41) is 4.55. The van der Waals surface area contributed by atoms with Crippen molar-refractivity contribution in [3.8, 4) is 0 Å². The smallest absolute Gasteiger partial charge is 0.302 e.